The zero-order valence-corrected chi connectivity index (χ0v) is 11.3. The Balaban J connectivity index is 2.21. The van der Waals surface area contributed by atoms with Crippen molar-refractivity contribution in [1.29, 1.82) is 0 Å². The van der Waals surface area contributed by atoms with E-state index < -0.39 is 0 Å². The quantitative estimate of drug-likeness (QED) is 0.289. The molecule has 0 bridgehead atoms. The number of amidine groups is 1. The highest BCUT2D eigenvalue weighted by Crippen LogP contribution is 2.25. The third-order valence-corrected chi connectivity index (χ3v) is 3.57. The van der Waals surface area contributed by atoms with Gasteiger partial charge < -0.3 is 15.7 Å². The van der Waals surface area contributed by atoms with Crippen molar-refractivity contribution in [2.45, 2.75) is 51.6 Å². The SMILES string of the molecule is Cc1ccnc(OC2CCCCCC2)c1/C(N)=N/O. The van der Waals surface area contributed by atoms with E-state index in [-0.39, 0.29) is 11.9 Å². The van der Waals surface area contributed by atoms with Gasteiger partial charge in [0.1, 0.15) is 6.10 Å². The molecule has 1 fully saturated rings. The lowest BCUT2D eigenvalue weighted by atomic mass is 10.1. The molecule has 0 spiro atoms. The van der Waals surface area contributed by atoms with E-state index >= 15 is 0 Å². The molecule has 1 aliphatic carbocycles. The normalized spacial score (nSPS) is 18.1. The van der Waals surface area contributed by atoms with E-state index in [0.717, 1.165) is 18.4 Å². The lowest BCUT2D eigenvalue weighted by molar-refractivity contribution is 0.175. The number of hydrogen-bond donors (Lipinski definition) is 2. The number of aromatic nitrogens is 1. The highest BCUT2D eigenvalue weighted by Gasteiger charge is 2.19. The Bertz CT molecular complexity index is 452. The van der Waals surface area contributed by atoms with Gasteiger partial charge in [0.15, 0.2) is 5.84 Å². The molecule has 0 unspecified atom stereocenters. The predicted molar refractivity (Wildman–Crippen MR) is 73.6 cm³/mol. The van der Waals surface area contributed by atoms with Gasteiger partial charge in [0.25, 0.3) is 0 Å². The van der Waals surface area contributed by atoms with Gasteiger partial charge >= 0.3 is 0 Å². The molecule has 5 nitrogen and oxygen atoms in total. The molecule has 0 atom stereocenters. The van der Waals surface area contributed by atoms with Gasteiger partial charge in [-0.1, -0.05) is 18.0 Å². The first kappa shape index (κ1) is 13.6. The van der Waals surface area contributed by atoms with Crippen LogP contribution in [0.25, 0.3) is 0 Å². The smallest absolute Gasteiger partial charge is 0.225 e. The fourth-order valence-electron chi connectivity index (χ4n) is 2.50. The second-order valence-electron chi connectivity index (χ2n) is 5.02. The summed E-state index contributed by atoms with van der Waals surface area (Å²) in [6, 6.07) is 1.83. The van der Waals surface area contributed by atoms with Gasteiger partial charge in [-0.25, -0.2) is 4.98 Å². The molecular formula is C14H21N3O2. The van der Waals surface area contributed by atoms with Gasteiger partial charge in [-0.2, -0.15) is 0 Å². The maximum absolute atomic E-state index is 8.87. The fraction of sp³-hybridized carbons (Fsp3) is 0.571. The summed E-state index contributed by atoms with van der Waals surface area (Å²) in [4.78, 5) is 4.24. The van der Waals surface area contributed by atoms with E-state index in [4.69, 9.17) is 15.7 Å². The molecule has 3 N–H and O–H groups in total. The van der Waals surface area contributed by atoms with Crippen molar-refractivity contribution in [3.63, 3.8) is 0 Å². The van der Waals surface area contributed by atoms with E-state index in [1.54, 1.807) is 6.20 Å². The van der Waals surface area contributed by atoms with Crippen molar-refractivity contribution in [1.82, 2.24) is 4.98 Å². The van der Waals surface area contributed by atoms with Crippen LogP contribution in [0.1, 0.15) is 49.7 Å². The second kappa shape index (κ2) is 6.41. The van der Waals surface area contributed by atoms with Crippen molar-refractivity contribution >= 4 is 5.84 Å². The van der Waals surface area contributed by atoms with Gasteiger partial charge in [0, 0.05) is 6.20 Å². The average Bonchev–Trinajstić information content (AvgIpc) is 2.67. The van der Waals surface area contributed by atoms with Gasteiger partial charge in [0.05, 0.1) is 5.56 Å². The number of hydrogen-bond acceptors (Lipinski definition) is 4. The summed E-state index contributed by atoms with van der Waals surface area (Å²) in [5, 5.41) is 11.9. The Morgan fingerprint density at radius 3 is 2.68 bits per heavy atom. The van der Waals surface area contributed by atoms with Crippen molar-refractivity contribution in [2.24, 2.45) is 10.9 Å². The Hall–Kier alpha value is -1.78. The third-order valence-electron chi connectivity index (χ3n) is 3.57. The van der Waals surface area contributed by atoms with Crippen LogP contribution in [-0.2, 0) is 0 Å². The van der Waals surface area contributed by atoms with Crippen molar-refractivity contribution < 1.29 is 9.94 Å². The summed E-state index contributed by atoms with van der Waals surface area (Å²) < 4.78 is 5.99. The number of oxime groups is 1. The highest BCUT2D eigenvalue weighted by atomic mass is 16.5. The van der Waals surface area contributed by atoms with E-state index in [1.807, 2.05) is 13.0 Å². The van der Waals surface area contributed by atoms with E-state index in [2.05, 4.69) is 10.1 Å². The largest absolute Gasteiger partial charge is 0.474 e. The van der Waals surface area contributed by atoms with Crippen LogP contribution in [0.15, 0.2) is 17.4 Å². The van der Waals surface area contributed by atoms with Gasteiger partial charge in [-0.3, -0.25) is 0 Å². The first-order valence-corrected chi connectivity index (χ1v) is 6.82. The third kappa shape index (κ3) is 3.36. The van der Waals surface area contributed by atoms with E-state index in [9.17, 15) is 0 Å². The molecule has 0 aromatic carbocycles. The molecule has 5 heteroatoms. The molecule has 19 heavy (non-hydrogen) atoms. The highest BCUT2D eigenvalue weighted by molar-refractivity contribution is 6.00. The van der Waals surface area contributed by atoms with Gasteiger partial charge in [-0.05, 0) is 44.2 Å². The maximum Gasteiger partial charge on any atom is 0.225 e. The summed E-state index contributed by atoms with van der Waals surface area (Å²) in [5.74, 6) is 0.524. The second-order valence-corrected chi connectivity index (χ2v) is 5.02. The topological polar surface area (TPSA) is 80.7 Å². The molecule has 104 valence electrons. The maximum atomic E-state index is 8.87. The zero-order chi connectivity index (χ0) is 13.7. The van der Waals surface area contributed by atoms with Gasteiger partial charge in [0.2, 0.25) is 5.88 Å². The van der Waals surface area contributed by atoms with Crippen LogP contribution in [-0.4, -0.2) is 22.1 Å². The monoisotopic (exact) mass is 263 g/mol. The standard InChI is InChI=1S/C14H21N3O2/c1-10-8-9-16-14(12(10)13(15)17-18)19-11-6-4-2-3-5-7-11/h8-9,11,18H,2-7H2,1H3,(H2,15,17). The predicted octanol–water partition coefficient (Wildman–Crippen LogP) is 2.59. The molecule has 1 aromatic rings. The van der Waals surface area contributed by atoms with Crippen LogP contribution in [0.2, 0.25) is 0 Å². The average molecular weight is 263 g/mol. The summed E-state index contributed by atoms with van der Waals surface area (Å²) in [7, 11) is 0. The molecular weight excluding hydrogens is 242 g/mol. The van der Waals surface area contributed by atoms with Crippen LogP contribution in [0.5, 0.6) is 5.88 Å². The van der Waals surface area contributed by atoms with Crippen LogP contribution < -0.4 is 10.5 Å². The number of ether oxygens (including phenoxy) is 1. The molecule has 0 aliphatic heterocycles. The minimum atomic E-state index is 0.0502. The minimum Gasteiger partial charge on any atom is -0.474 e. The lowest BCUT2D eigenvalue weighted by Crippen LogP contribution is -2.21. The summed E-state index contributed by atoms with van der Waals surface area (Å²) in [6.07, 6.45) is 8.89. The number of nitrogens with two attached hydrogens (primary N) is 1. The molecule has 1 heterocycles. The molecule has 0 saturated heterocycles. The Kier molecular flexibility index (Phi) is 4.60. The number of pyridine rings is 1. The fourth-order valence-corrected chi connectivity index (χ4v) is 2.50. The first-order valence-electron chi connectivity index (χ1n) is 6.82. The molecule has 1 aliphatic rings. The van der Waals surface area contributed by atoms with Gasteiger partial charge in [-0.15, -0.1) is 0 Å². The lowest BCUT2D eigenvalue weighted by Gasteiger charge is -2.18. The van der Waals surface area contributed by atoms with Crippen LogP contribution >= 0.6 is 0 Å². The number of aryl methyl sites for hydroxylation is 1. The zero-order valence-electron chi connectivity index (χ0n) is 11.3. The molecule has 1 saturated carbocycles. The van der Waals surface area contributed by atoms with Crippen LogP contribution in [0.3, 0.4) is 0 Å². The Morgan fingerprint density at radius 1 is 1.37 bits per heavy atom. The summed E-state index contributed by atoms with van der Waals surface area (Å²) in [6.45, 7) is 1.90. The number of rotatable bonds is 3. The molecule has 0 amide bonds. The summed E-state index contributed by atoms with van der Waals surface area (Å²) >= 11 is 0. The van der Waals surface area contributed by atoms with Crippen LogP contribution in [0, 0.1) is 6.92 Å². The van der Waals surface area contributed by atoms with Crippen LogP contribution in [0.4, 0.5) is 0 Å². The first-order chi connectivity index (χ1) is 9.22. The van der Waals surface area contributed by atoms with Crippen molar-refractivity contribution in [3.05, 3.63) is 23.4 Å². The van der Waals surface area contributed by atoms with E-state index in [0.29, 0.717) is 11.4 Å². The Labute approximate surface area is 113 Å². The molecule has 2 rings (SSSR count). The van der Waals surface area contributed by atoms with E-state index in [1.165, 1.54) is 25.7 Å². The summed E-state index contributed by atoms with van der Waals surface area (Å²) in [5.41, 5.74) is 7.20. The molecule has 1 aromatic heterocycles. The molecule has 0 radical (unpaired) electrons. The van der Waals surface area contributed by atoms with Crippen molar-refractivity contribution in [2.75, 3.05) is 0 Å². The number of nitrogens with zero attached hydrogens (tertiary/aromatic N) is 2. The Morgan fingerprint density at radius 2 is 2.05 bits per heavy atom. The minimum absolute atomic E-state index is 0.0502. The van der Waals surface area contributed by atoms with Crippen molar-refractivity contribution in [3.8, 4) is 5.88 Å².